The minimum atomic E-state index is -1.19. The zero-order valence-electron chi connectivity index (χ0n) is 26.5. The van der Waals surface area contributed by atoms with Gasteiger partial charge in [-0.2, -0.15) is 0 Å². The van der Waals surface area contributed by atoms with Crippen molar-refractivity contribution in [2.24, 2.45) is 12.5 Å². The van der Waals surface area contributed by atoms with Crippen molar-refractivity contribution in [3.05, 3.63) is 36.0 Å². The summed E-state index contributed by atoms with van der Waals surface area (Å²) in [4.78, 5) is 70.6. The molecule has 0 unspecified atom stereocenters. The maximum atomic E-state index is 13.8. The number of benzene rings is 1. The van der Waals surface area contributed by atoms with E-state index in [1.807, 2.05) is 42.1 Å². The Labute approximate surface area is 262 Å². The fourth-order valence-electron chi connectivity index (χ4n) is 6.10. The van der Waals surface area contributed by atoms with Crippen LogP contribution in [0.5, 0.6) is 0 Å². The molecule has 13 heteroatoms. The van der Waals surface area contributed by atoms with Crippen molar-refractivity contribution >= 4 is 46.6 Å². The lowest BCUT2D eigenvalue weighted by Crippen LogP contribution is -2.57. The first-order valence-electron chi connectivity index (χ1n) is 15.4. The number of amides is 3. The molecule has 2 bridgehead atoms. The molecule has 4 heterocycles. The Bertz CT molecular complexity index is 1480. The number of hydrogen-bond acceptors (Lipinski definition) is 8. The third-order valence-corrected chi connectivity index (χ3v) is 8.56. The third kappa shape index (κ3) is 8.64. The number of carbonyl (C=O) groups excluding carboxylic acids is 5. The molecule has 242 valence electrons. The van der Waals surface area contributed by atoms with Gasteiger partial charge in [0.15, 0.2) is 0 Å². The number of ketones is 1. The number of esters is 1. The Kier molecular flexibility index (Phi) is 10.6. The van der Waals surface area contributed by atoms with Gasteiger partial charge >= 0.3 is 12.2 Å². The van der Waals surface area contributed by atoms with Crippen LogP contribution < -0.4 is 16.0 Å². The van der Waals surface area contributed by atoms with Gasteiger partial charge in [-0.15, -0.1) is 0 Å². The average molecular weight is 623 g/mol. The Hall–Kier alpha value is -4.35. The molecule has 45 heavy (non-hydrogen) atoms. The molecule has 1 aromatic carbocycles. The second-order valence-electron chi connectivity index (χ2n) is 13.0. The topological polar surface area (TPSA) is 177 Å². The summed E-state index contributed by atoms with van der Waals surface area (Å²) < 4.78 is 7.43. The quantitative estimate of drug-likeness (QED) is 0.113. The van der Waals surface area contributed by atoms with E-state index >= 15 is 0 Å². The highest BCUT2D eigenvalue weighted by atomic mass is 16.6. The molecule has 1 aromatic heterocycles. The van der Waals surface area contributed by atoms with Crippen LogP contribution in [0, 0.1) is 10.9 Å². The van der Waals surface area contributed by atoms with Crippen LogP contribution in [0.1, 0.15) is 58.4 Å². The monoisotopic (exact) mass is 622 g/mol. The van der Waals surface area contributed by atoms with Crippen LogP contribution in [-0.4, -0.2) is 93.8 Å². The highest BCUT2D eigenvalue weighted by Crippen LogP contribution is 2.40. The second kappa shape index (κ2) is 14.2. The van der Waals surface area contributed by atoms with Gasteiger partial charge in [-0.1, -0.05) is 18.2 Å². The Morgan fingerprint density at radius 2 is 1.71 bits per heavy atom. The molecule has 3 amide bonds. The van der Waals surface area contributed by atoms with Gasteiger partial charge in [-0.25, -0.2) is 4.79 Å². The molecule has 0 radical (unpaired) electrons. The molecule has 2 aromatic rings. The molecule has 3 aliphatic heterocycles. The van der Waals surface area contributed by atoms with Crippen LogP contribution in [0.3, 0.4) is 0 Å². The number of Topliss-reactive ketones (excluding diaryl/α,β-unsaturated/α-hetero) is 1. The Morgan fingerprint density at radius 3 is 2.36 bits per heavy atom. The minimum Gasteiger partial charge on any atom is -0.458 e. The van der Waals surface area contributed by atoms with Gasteiger partial charge in [-0.05, 0) is 77.7 Å². The van der Waals surface area contributed by atoms with Gasteiger partial charge in [0, 0.05) is 37.0 Å². The summed E-state index contributed by atoms with van der Waals surface area (Å²) in [6, 6.07) is 5.38. The van der Waals surface area contributed by atoms with Crippen molar-refractivity contribution in [2.45, 2.75) is 77.0 Å². The van der Waals surface area contributed by atoms with Crippen LogP contribution in [0.2, 0.25) is 0 Å². The Balaban J connectivity index is 1.51. The zero-order chi connectivity index (χ0) is 32.8. The summed E-state index contributed by atoms with van der Waals surface area (Å²) in [6.07, 6.45) is 4.87. The first-order valence-corrected chi connectivity index (χ1v) is 15.4. The van der Waals surface area contributed by atoms with Crippen molar-refractivity contribution in [3.8, 4) is 0 Å². The van der Waals surface area contributed by atoms with Crippen molar-refractivity contribution in [1.82, 2.24) is 25.4 Å². The summed E-state index contributed by atoms with van der Waals surface area (Å²) in [6.45, 7) is 7.38. The summed E-state index contributed by atoms with van der Waals surface area (Å²) in [7, 11) is 1.89. The van der Waals surface area contributed by atoms with Crippen molar-refractivity contribution in [3.63, 3.8) is 0 Å². The van der Waals surface area contributed by atoms with Gasteiger partial charge in [0.05, 0.1) is 22.3 Å². The number of para-hydroxylation sites is 1. The molecule has 3 aliphatic rings. The molecule has 3 saturated heterocycles. The van der Waals surface area contributed by atoms with Crippen LogP contribution in [0.4, 0.5) is 0 Å². The molecule has 3 fully saturated rings. The standard InChI is InChI=1S/C32H43N7O6/c1-31(2,3)45-29(43)24(10-9-22(40)18-35-33)37-28(42)25(17-21-20-38(4)26-8-6-5-7-23(21)26)36-27(41)19-34-30(44)32-11-14-39(15-12-32)16-13-32/h5-8,18,20,24-25,33H,9-17,19H2,1-4H3,(H2-,34,36,37,41,42,44)/p+1/t24-,25-/m0/s1. The van der Waals surface area contributed by atoms with E-state index in [0.29, 0.717) is 0 Å². The normalized spacial score (nSPS) is 20.4. The molecule has 13 nitrogen and oxygen atoms in total. The summed E-state index contributed by atoms with van der Waals surface area (Å²) >= 11 is 0. The largest absolute Gasteiger partial charge is 0.458 e. The van der Waals surface area contributed by atoms with Crippen LogP contribution in [0.25, 0.3) is 10.9 Å². The molecule has 2 atom stereocenters. The maximum absolute atomic E-state index is 13.8. The van der Waals surface area contributed by atoms with E-state index in [4.69, 9.17) is 10.3 Å². The molecular formula is C32H44N7O6+. The summed E-state index contributed by atoms with van der Waals surface area (Å²) in [5.41, 5.74) is 7.32. The van der Waals surface area contributed by atoms with E-state index in [9.17, 15) is 24.0 Å². The number of piperidine rings is 3. The van der Waals surface area contributed by atoms with Gasteiger partial charge in [0.2, 0.25) is 23.5 Å². The molecule has 0 spiro atoms. The SMILES string of the molecule is Cn1cc(C[C@H](NC(=O)CNC(=O)C23CCN(CC2)CC3)C(=O)N[C@@H](CCC(=O)C=[N+]=N)C(=O)OC(C)(C)C)c2ccccc21. The van der Waals surface area contributed by atoms with E-state index in [2.05, 4.69) is 25.6 Å². The molecule has 0 saturated carbocycles. The summed E-state index contributed by atoms with van der Waals surface area (Å²) in [5, 5.41) is 9.16. The Morgan fingerprint density at radius 1 is 1.04 bits per heavy atom. The molecular weight excluding hydrogens is 578 g/mol. The number of aryl methyl sites for hydroxylation is 1. The van der Waals surface area contributed by atoms with Gasteiger partial charge in [0.1, 0.15) is 17.7 Å². The van der Waals surface area contributed by atoms with Crippen LogP contribution in [-0.2, 0) is 42.2 Å². The lowest BCUT2D eigenvalue weighted by molar-refractivity contribution is -0.159. The van der Waals surface area contributed by atoms with Crippen LogP contribution >= 0.6 is 0 Å². The number of ether oxygens (including phenoxy) is 1. The number of hydrogen-bond donors (Lipinski definition) is 4. The molecule has 0 aliphatic carbocycles. The van der Waals surface area contributed by atoms with E-state index in [0.717, 1.165) is 61.6 Å². The predicted molar refractivity (Wildman–Crippen MR) is 165 cm³/mol. The summed E-state index contributed by atoms with van der Waals surface area (Å²) in [5.74, 6) is -2.53. The first-order chi connectivity index (χ1) is 21.3. The predicted octanol–water partition coefficient (Wildman–Crippen LogP) is 1.29. The van der Waals surface area contributed by atoms with Crippen molar-refractivity contribution in [2.75, 3.05) is 26.2 Å². The highest BCUT2D eigenvalue weighted by molar-refractivity contribution is 6.25. The van der Waals surface area contributed by atoms with Crippen molar-refractivity contribution < 1.29 is 33.5 Å². The van der Waals surface area contributed by atoms with Gasteiger partial charge < -0.3 is 30.2 Å². The fraction of sp³-hybridized carbons (Fsp3) is 0.562. The van der Waals surface area contributed by atoms with Crippen LogP contribution in [0.15, 0.2) is 30.5 Å². The maximum Gasteiger partial charge on any atom is 0.372 e. The lowest BCUT2D eigenvalue weighted by atomic mass is 9.71. The zero-order valence-corrected chi connectivity index (χ0v) is 26.5. The number of nitrogens with zero attached hydrogens (tertiary/aromatic N) is 3. The molecule has 4 N–H and O–H groups in total. The van der Waals surface area contributed by atoms with E-state index in [1.165, 1.54) is 0 Å². The number of aromatic nitrogens is 1. The third-order valence-electron chi connectivity index (χ3n) is 8.56. The highest BCUT2D eigenvalue weighted by Gasteiger charge is 2.45. The second-order valence-corrected chi connectivity index (χ2v) is 13.0. The number of nitrogens with one attached hydrogen (secondary N) is 4. The van der Waals surface area contributed by atoms with E-state index < -0.39 is 46.7 Å². The van der Waals surface area contributed by atoms with E-state index in [-0.39, 0.29) is 31.7 Å². The van der Waals surface area contributed by atoms with Gasteiger partial charge in [0.25, 0.3) is 0 Å². The lowest BCUT2D eigenvalue weighted by Gasteiger charge is -2.47. The number of fused-ring (bicyclic) bond motifs is 4. The first kappa shape index (κ1) is 33.5. The number of rotatable bonds is 13. The smallest absolute Gasteiger partial charge is 0.372 e. The number of carbonyl (C=O) groups is 5. The molecule has 5 rings (SSSR count). The fourth-order valence-corrected chi connectivity index (χ4v) is 6.10. The minimum absolute atomic E-state index is 0.0873. The van der Waals surface area contributed by atoms with E-state index in [1.54, 1.807) is 20.8 Å². The van der Waals surface area contributed by atoms with Crippen molar-refractivity contribution in [1.29, 1.82) is 5.53 Å². The average Bonchev–Trinajstić information content (AvgIpc) is 3.32. The van der Waals surface area contributed by atoms with Gasteiger partial charge in [-0.3, -0.25) is 19.2 Å².